The molecule has 0 aliphatic rings. The van der Waals surface area contributed by atoms with Crippen LogP contribution in [0.5, 0.6) is 0 Å². The molecule has 174 valence electrons. The summed E-state index contributed by atoms with van der Waals surface area (Å²) in [5.41, 5.74) is 1.78. The van der Waals surface area contributed by atoms with Gasteiger partial charge in [0.25, 0.3) is 0 Å². The van der Waals surface area contributed by atoms with Crippen LogP contribution in [0.25, 0.3) is 0 Å². The highest BCUT2D eigenvalue weighted by molar-refractivity contribution is 7.92. The molecule has 0 spiro atoms. The average Bonchev–Trinajstić information content (AvgIpc) is 2.71. The highest BCUT2D eigenvalue weighted by Crippen LogP contribution is 2.27. The number of halogens is 2. The highest BCUT2D eigenvalue weighted by Gasteiger charge is 2.30. The Morgan fingerprint density at radius 3 is 2.12 bits per heavy atom. The van der Waals surface area contributed by atoms with Gasteiger partial charge in [0.05, 0.1) is 11.9 Å². The van der Waals surface area contributed by atoms with Crippen LogP contribution in [0.3, 0.4) is 0 Å². The summed E-state index contributed by atoms with van der Waals surface area (Å²) in [6.45, 7) is 5.07. The summed E-state index contributed by atoms with van der Waals surface area (Å²) >= 11 is 12.6. The van der Waals surface area contributed by atoms with E-state index in [1.807, 2.05) is 6.92 Å². The molecule has 7 nitrogen and oxygen atoms in total. The number of amides is 2. The van der Waals surface area contributed by atoms with Crippen LogP contribution >= 0.6 is 23.2 Å². The van der Waals surface area contributed by atoms with Crippen molar-refractivity contribution in [3.05, 3.63) is 63.6 Å². The molecule has 32 heavy (non-hydrogen) atoms. The third-order valence-electron chi connectivity index (χ3n) is 4.91. The van der Waals surface area contributed by atoms with Gasteiger partial charge in [0.15, 0.2) is 0 Å². The standard InChI is InChI=1S/C22H27Cl2N3O4S/c1-5-25-22(29)16(3)26(13-18-19(23)7-6-8-20(18)24)21(28)14-27(32(4,30)31)17-11-9-15(2)10-12-17/h6-12,16H,5,13-14H2,1-4H3,(H,25,29)/t16-/m1/s1. The Hall–Kier alpha value is -2.29. The SMILES string of the molecule is CCNC(=O)[C@@H](C)N(Cc1c(Cl)cccc1Cl)C(=O)CN(c1ccc(C)cc1)S(C)(=O)=O. The van der Waals surface area contributed by atoms with Gasteiger partial charge in [-0.3, -0.25) is 13.9 Å². The first kappa shape index (κ1) is 26.0. The van der Waals surface area contributed by atoms with E-state index >= 15 is 0 Å². The van der Waals surface area contributed by atoms with Gasteiger partial charge in [-0.2, -0.15) is 0 Å². The number of hydrogen-bond donors (Lipinski definition) is 1. The first-order chi connectivity index (χ1) is 15.0. The monoisotopic (exact) mass is 499 g/mol. The molecule has 0 aliphatic carbocycles. The molecule has 10 heteroatoms. The zero-order valence-corrected chi connectivity index (χ0v) is 20.8. The van der Waals surface area contributed by atoms with Gasteiger partial charge in [0.1, 0.15) is 12.6 Å². The second-order valence-corrected chi connectivity index (χ2v) is 10.1. The molecule has 0 aromatic heterocycles. The zero-order chi connectivity index (χ0) is 24.1. The Bertz CT molecular complexity index is 1050. The lowest BCUT2D eigenvalue weighted by Crippen LogP contribution is -2.51. The maximum absolute atomic E-state index is 13.4. The number of likely N-dealkylation sites (N-methyl/N-ethyl adjacent to an activating group) is 1. The van der Waals surface area contributed by atoms with Crippen molar-refractivity contribution in [2.24, 2.45) is 0 Å². The summed E-state index contributed by atoms with van der Waals surface area (Å²) in [7, 11) is -3.77. The first-order valence-electron chi connectivity index (χ1n) is 10.00. The fraction of sp³-hybridized carbons (Fsp3) is 0.364. The third kappa shape index (κ3) is 6.60. The van der Waals surface area contributed by atoms with Crippen molar-refractivity contribution in [3.8, 4) is 0 Å². The Balaban J connectivity index is 2.43. The Labute approximate surface area is 199 Å². The van der Waals surface area contributed by atoms with Crippen molar-refractivity contribution in [2.75, 3.05) is 23.7 Å². The van der Waals surface area contributed by atoms with Crippen LogP contribution < -0.4 is 9.62 Å². The quantitative estimate of drug-likeness (QED) is 0.570. The Kier molecular flexibility index (Phi) is 8.95. The number of aryl methyl sites for hydroxylation is 1. The maximum atomic E-state index is 13.4. The molecular formula is C22H27Cl2N3O4S. The minimum Gasteiger partial charge on any atom is -0.355 e. The molecule has 0 unspecified atom stereocenters. The minimum absolute atomic E-state index is 0.0544. The predicted molar refractivity (Wildman–Crippen MR) is 129 cm³/mol. The molecule has 0 saturated heterocycles. The molecule has 2 rings (SSSR count). The number of nitrogens with zero attached hydrogens (tertiary/aromatic N) is 2. The molecule has 2 aromatic rings. The zero-order valence-electron chi connectivity index (χ0n) is 18.4. The van der Waals surface area contributed by atoms with E-state index in [-0.39, 0.29) is 12.5 Å². The predicted octanol–water partition coefficient (Wildman–Crippen LogP) is 3.62. The molecule has 0 saturated carbocycles. The smallest absolute Gasteiger partial charge is 0.244 e. The van der Waals surface area contributed by atoms with Gasteiger partial charge in [-0.25, -0.2) is 8.42 Å². The van der Waals surface area contributed by atoms with Gasteiger partial charge >= 0.3 is 0 Å². The van der Waals surface area contributed by atoms with E-state index in [4.69, 9.17) is 23.2 Å². The molecule has 2 aromatic carbocycles. The summed E-state index contributed by atoms with van der Waals surface area (Å²) < 4.78 is 26.0. The van der Waals surface area contributed by atoms with E-state index in [0.717, 1.165) is 16.1 Å². The van der Waals surface area contributed by atoms with Crippen LogP contribution in [0.4, 0.5) is 5.69 Å². The van der Waals surface area contributed by atoms with Crippen molar-refractivity contribution >= 4 is 50.7 Å². The minimum atomic E-state index is -3.77. The molecule has 0 heterocycles. The van der Waals surface area contributed by atoms with Crippen molar-refractivity contribution in [2.45, 2.75) is 33.4 Å². The molecular weight excluding hydrogens is 473 g/mol. The number of benzene rings is 2. The van der Waals surface area contributed by atoms with Crippen molar-refractivity contribution in [1.29, 1.82) is 0 Å². The number of hydrogen-bond acceptors (Lipinski definition) is 4. The van der Waals surface area contributed by atoms with Crippen LogP contribution in [0, 0.1) is 6.92 Å². The number of anilines is 1. The van der Waals surface area contributed by atoms with E-state index < -0.39 is 28.5 Å². The van der Waals surface area contributed by atoms with Gasteiger partial charge in [0, 0.05) is 28.7 Å². The van der Waals surface area contributed by atoms with Crippen molar-refractivity contribution in [1.82, 2.24) is 10.2 Å². The molecule has 0 bridgehead atoms. The van der Waals surface area contributed by atoms with Gasteiger partial charge < -0.3 is 10.2 Å². The third-order valence-corrected chi connectivity index (χ3v) is 6.76. The number of nitrogens with one attached hydrogen (secondary N) is 1. The molecule has 0 fully saturated rings. The fourth-order valence-electron chi connectivity index (χ4n) is 3.08. The number of rotatable bonds is 9. The fourth-order valence-corrected chi connectivity index (χ4v) is 4.45. The maximum Gasteiger partial charge on any atom is 0.244 e. The second kappa shape index (κ2) is 11.0. The van der Waals surface area contributed by atoms with E-state index in [1.54, 1.807) is 56.3 Å². The molecule has 0 aliphatic heterocycles. The van der Waals surface area contributed by atoms with Crippen molar-refractivity contribution in [3.63, 3.8) is 0 Å². The van der Waals surface area contributed by atoms with Crippen molar-refractivity contribution < 1.29 is 18.0 Å². The normalized spacial score (nSPS) is 12.2. The summed E-state index contributed by atoms with van der Waals surface area (Å²) in [5.74, 6) is -0.934. The number of sulfonamides is 1. The molecule has 1 atom stereocenters. The number of carbonyl (C=O) groups excluding carboxylic acids is 2. The second-order valence-electron chi connectivity index (χ2n) is 7.40. The largest absolute Gasteiger partial charge is 0.355 e. The summed E-state index contributed by atoms with van der Waals surface area (Å²) in [4.78, 5) is 27.2. The Morgan fingerprint density at radius 2 is 1.62 bits per heavy atom. The molecule has 2 amide bonds. The van der Waals surface area contributed by atoms with Crippen LogP contribution in [0.1, 0.15) is 25.0 Å². The van der Waals surface area contributed by atoms with Crippen LogP contribution in [0.2, 0.25) is 10.0 Å². The van der Waals surface area contributed by atoms with Crippen LogP contribution in [-0.2, 0) is 26.2 Å². The van der Waals surface area contributed by atoms with E-state index in [2.05, 4.69) is 5.32 Å². The van der Waals surface area contributed by atoms with Crippen LogP contribution in [-0.4, -0.2) is 50.5 Å². The molecule has 1 N–H and O–H groups in total. The lowest BCUT2D eigenvalue weighted by molar-refractivity contribution is -0.139. The first-order valence-corrected chi connectivity index (χ1v) is 12.6. The molecule has 0 radical (unpaired) electrons. The van der Waals surface area contributed by atoms with E-state index in [1.165, 1.54) is 4.90 Å². The number of carbonyl (C=O) groups is 2. The Morgan fingerprint density at radius 1 is 1.06 bits per heavy atom. The topological polar surface area (TPSA) is 86.8 Å². The van der Waals surface area contributed by atoms with Gasteiger partial charge in [-0.15, -0.1) is 0 Å². The lowest BCUT2D eigenvalue weighted by Gasteiger charge is -2.31. The summed E-state index contributed by atoms with van der Waals surface area (Å²) in [5, 5.41) is 3.38. The summed E-state index contributed by atoms with van der Waals surface area (Å²) in [6.07, 6.45) is 1.03. The van der Waals surface area contributed by atoms with E-state index in [9.17, 15) is 18.0 Å². The van der Waals surface area contributed by atoms with E-state index in [0.29, 0.717) is 27.8 Å². The average molecular weight is 500 g/mol. The lowest BCUT2D eigenvalue weighted by atomic mass is 10.1. The van der Waals surface area contributed by atoms with Gasteiger partial charge in [-0.05, 0) is 45.0 Å². The van der Waals surface area contributed by atoms with Crippen LogP contribution in [0.15, 0.2) is 42.5 Å². The van der Waals surface area contributed by atoms with Gasteiger partial charge in [-0.1, -0.05) is 47.0 Å². The van der Waals surface area contributed by atoms with Gasteiger partial charge in [0.2, 0.25) is 21.8 Å². The highest BCUT2D eigenvalue weighted by atomic mass is 35.5. The summed E-state index contributed by atoms with van der Waals surface area (Å²) in [6, 6.07) is 10.9.